The number of carbonyl (C=O) groups is 3. The molecule has 0 saturated heterocycles. The van der Waals surface area contributed by atoms with E-state index in [1.54, 1.807) is 6.07 Å². The largest absolute Gasteiger partial charge is 0.344 e. The summed E-state index contributed by atoms with van der Waals surface area (Å²) in [4.78, 5) is 49.8. The van der Waals surface area contributed by atoms with Gasteiger partial charge >= 0.3 is 0 Å². The van der Waals surface area contributed by atoms with Crippen molar-refractivity contribution in [2.24, 2.45) is 0 Å². The van der Waals surface area contributed by atoms with E-state index in [9.17, 15) is 24.5 Å². The predicted octanol–water partition coefficient (Wildman–Crippen LogP) is 3.54. The Morgan fingerprint density at radius 2 is 1.71 bits per heavy atom. The van der Waals surface area contributed by atoms with Crippen molar-refractivity contribution in [3.63, 3.8) is 0 Å². The standard InChI is InChI=1S/C23H19N3O5/c1-14-11-18(15(2)24(14)12-16-7-4-3-5-8-16)20(27)13-25-22(28)17-9-6-10-19(26(30)31)21(17)23(25)29/h3-11H,12-13H2,1-2H3. The van der Waals surface area contributed by atoms with Crippen LogP contribution in [0.4, 0.5) is 5.69 Å². The molecule has 4 rings (SSSR count). The lowest BCUT2D eigenvalue weighted by Gasteiger charge is -2.13. The van der Waals surface area contributed by atoms with E-state index in [1.165, 1.54) is 18.2 Å². The van der Waals surface area contributed by atoms with E-state index < -0.39 is 34.8 Å². The third kappa shape index (κ3) is 3.42. The summed E-state index contributed by atoms with van der Waals surface area (Å²) in [6.07, 6.45) is 0. The van der Waals surface area contributed by atoms with Crippen LogP contribution in [0.1, 0.15) is 48.0 Å². The number of nitrogens with zero attached hydrogens (tertiary/aromatic N) is 3. The van der Waals surface area contributed by atoms with Crippen LogP contribution in [0.2, 0.25) is 0 Å². The van der Waals surface area contributed by atoms with Gasteiger partial charge in [0.15, 0.2) is 5.78 Å². The normalized spacial score (nSPS) is 12.9. The number of hydrogen-bond acceptors (Lipinski definition) is 5. The zero-order valence-electron chi connectivity index (χ0n) is 17.0. The van der Waals surface area contributed by atoms with E-state index in [-0.39, 0.29) is 11.1 Å². The van der Waals surface area contributed by atoms with Gasteiger partial charge in [-0.15, -0.1) is 0 Å². The Hall–Kier alpha value is -4.07. The minimum atomic E-state index is -0.821. The maximum atomic E-state index is 13.0. The number of amides is 2. The van der Waals surface area contributed by atoms with Crippen molar-refractivity contribution >= 4 is 23.3 Å². The summed E-state index contributed by atoms with van der Waals surface area (Å²) in [5, 5.41) is 11.3. The molecule has 0 spiro atoms. The summed E-state index contributed by atoms with van der Waals surface area (Å²) in [6.45, 7) is 3.82. The van der Waals surface area contributed by atoms with Gasteiger partial charge in [-0.05, 0) is 31.5 Å². The van der Waals surface area contributed by atoms with Crippen LogP contribution in [-0.2, 0) is 6.54 Å². The maximum Gasteiger partial charge on any atom is 0.282 e. The molecule has 0 fully saturated rings. The quantitative estimate of drug-likeness (QED) is 0.264. The fourth-order valence-corrected chi connectivity index (χ4v) is 3.93. The first-order valence-corrected chi connectivity index (χ1v) is 9.67. The van der Waals surface area contributed by atoms with Gasteiger partial charge in [0.2, 0.25) is 0 Å². The van der Waals surface area contributed by atoms with Crippen molar-refractivity contribution in [2.75, 3.05) is 6.54 Å². The van der Waals surface area contributed by atoms with E-state index in [0.29, 0.717) is 12.1 Å². The van der Waals surface area contributed by atoms with Gasteiger partial charge in [-0.25, -0.2) is 0 Å². The molecule has 2 amide bonds. The molecule has 3 aromatic rings. The van der Waals surface area contributed by atoms with Gasteiger partial charge in [0.25, 0.3) is 17.5 Å². The highest BCUT2D eigenvalue weighted by Gasteiger charge is 2.41. The second kappa shape index (κ2) is 7.64. The molecule has 0 aliphatic carbocycles. The molecule has 156 valence electrons. The van der Waals surface area contributed by atoms with Crippen molar-refractivity contribution < 1.29 is 19.3 Å². The molecule has 0 N–H and O–H groups in total. The number of fused-ring (bicyclic) bond motifs is 1. The van der Waals surface area contributed by atoms with Crippen LogP contribution in [0.15, 0.2) is 54.6 Å². The summed E-state index contributed by atoms with van der Waals surface area (Å²) in [5.41, 5.74) is 2.35. The number of Topliss-reactive ketones (excluding diaryl/α,β-unsaturated/α-hetero) is 1. The van der Waals surface area contributed by atoms with Crippen LogP contribution < -0.4 is 0 Å². The van der Waals surface area contributed by atoms with Gasteiger partial charge in [-0.1, -0.05) is 36.4 Å². The molecule has 0 bridgehead atoms. The van der Waals surface area contributed by atoms with Crippen LogP contribution >= 0.6 is 0 Å². The lowest BCUT2D eigenvalue weighted by molar-refractivity contribution is -0.385. The van der Waals surface area contributed by atoms with Gasteiger partial charge in [-0.3, -0.25) is 29.4 Å². The average Bonchev–Trinajstić information content (AvgIpc) is 3.17. The zero-order valence-corrected chi connectivity index (χ0v) is 17.0. The Morgan fingerprint density at radius 1 is 1.00 bits per heavy atom. The minimum Gasteiger partial charge on any atom is -0.344 e. The second-order valence-electron chi connectivity index (χ2n) is 7.43. The number of imide groups is 1. The molecule has 8 heteroatoms. The Morgan fingerprint density at radius 3 is 2.39 bits per heavy atom. The third-order valence-corrected chi connectivity index (χ3v) is 5.53. The van der Waals surface area contributed by atoms with E-state index in [0.717, 1.165) is 21.9 Å². The molecule has 0 saturated carbocycles. The number of ketones is 1. The molecule has 0 atom stereocenters. The van der Waals surface area contributed by atoms with Crippen LogP contribution in [0.25, 0.3) is 0 Å². The molecular formula is C23H19N3O5. The van der Waals surface area contributed by atoms with Gasteiger partial charge < -0.3 is 4.57 Å². The van der Waals surface area contributed by atoms with Gasteiger partial charge in [-0.2, -0.15) is 0 Å². The number of aromatic nitrogens is 1. The van der Waals surface area contributed by atoms with Crippen LogP contribution in [0.5, 0.6) is 0 Å². The van der Waals surface area contributed by atoms with Crippen LogP contribution in [-0.4, -0.2) is 38.5 Å². The zero-order chi connectivity index (χ0) is 22.3. The maximum absolute atomic E-state index is 13.0. The lowest BCUT2D eigenvalue weighted by atomic mass is 10.1. The minimum absolute atomic E-state index is 0.0541. The van der Waals surface area contributed by atoms with E-state index >= 15 is 0 Å². The average molecular weight is 417 g/mol. The highest BCUT2D eigenvalue weighted by atomic mass is 16.6. The summed E-state index contributed by atoms with van der Waals surface area (Å²) >= 11 is 0. The summed E-state index contributed by atoms with van der Waals surface area (Å²) in [7, 11) is 0. The second-order valence-corrected chi connectivity index (χ2v) is 7.43. The molecular weight excluding hydrogens is 398 g/mol. The molecule has 8 nitrogen and oxygen atoms in total. The predicted molar refractivity (Wildman–Crippen MR) is 112 cm³/mol. The number of benzene rings is 2. The summed E-state index contributed by atoms with van der Waals surface area (Å²) in [6, 6.07) is 15.4. The number of aryl methyl sites for hydroxylation is 1. The van der Waals surface area contributed by atoms with E-state index in [2.05, 4.69) is 0 Å². The number of nitro benzene ring substituents is 1. The highest BCUT2D eigenvalue weighted by molar-refractivity contribution is 6.24. The van der Waals surface area contributed by atoms with E-state index in [4.69, 9.17) is 0 Å². The van der Waals surface area contributed by atoms with Crippen LogP contribution in [0, 0.1) is 24.0 Å². The fourth-order valence-electron chi connectivity index (χ4n) is 3.93. The Bertz CT molecular complexity index is 1240. The molecule has 1 aliphatic rings. The smallest absolute Gasteiger partial charge is 0.282 e. The SMILES string of the molecule is Cc1cc(C(=O)CN2C(=O)c3cccc([N+](=O)[O-])c3C2=O)c(C)n1Cc1ccccc1. The van der Waals surface area contributed by atoms with Gasteiger partial charge in [0, 0.05) is 29.6 Å². The lowest BCUT2D eigenvalue weighted by Crippen LogP contribution is -2.35. The first-order chi connectivity index (χ1) is 14.8. The van der Waals surface area contributed by atoms with Crippen molar-refractivity contribution in [2.45, 2.75) is 20.4 Å². The van der Waals surface area contributed by atoms with Gasteiger partial charge in [0.05, 0.1) is 17.0 Å². The van der Waals surface area contributed by atoms with Crippen molar-refractivity contribution in [1.82, 2.24) is 9.47 Å². The molecule has 2 heterocycles. The summed E-state index contributed by atoms with van der Waals surface area (Å²) < 4.78 is 2.00. The van der Waals surface area contributed by atoms with E-state index in [1.807, 2.05) is 48.7 Å². The van der Waals surface area contributed by atoms with Crippen LogP contribution in [0.3, 0.4) is 0 Å². The monoisotopic (exact) mass is 417 g/mol. The summed E-state index contributed by atoms with van der Waals surface area (Å²) in [5.74, 6) is -1.92. The first kappa shape index (κ1) is 20.2. The highest BCUT2D eigenvalue weighted by Crippen LogP contribution is 2.31. The number of nitro groups is 1. The molecule has 0 unspecified atom stereocenters. The number of hydrogen-bond donors (Lipinski definition) is 0. The number of rotatable bonds is 6. The third-order valence-electron chi connectivity index (χ3n) is 5.53. The Labute approximate surface area is 177 Å². The van der Waals surface area contributed by atoms with Gasteiger partial charge in [0.1, 0.15) is 5.56 Å². The Kier molecular flexibility index (Phi) is 4.98. The van der Waals surface area contributed by atoms with Crippen molar-refractivity contribution in [3.8, 4) is 0 Å². The first-order valence-electron chi connectivity index (χ1n) is 9.67. The molecule has 0 radical (unpaired) electrons. The molecule has 2 aromatic carbocycles. The van der Waals surface area contributed by atoms with Crippen molar-refractivity contribution in [1.29, 1.82) is 0 Å². The molecule has 1 aliphatic heterocycles. The Balaban J connectivity index is 1.60. The molecule has 1 aromatic heterocycles. The fraction of sp³-hybridized carbons (Fsp3) is 0.174. The number of carbonyl (C=O) groups excluding carboxylic acids is 3. The topological polar surface area (TPSA) is 103 Å². The van der Waals surface area contributed by atoms with Crippen molar-refractivity contribution in [3.05, 3.63) is 98.4 Å². The molecule has 31 heavy (non-hydrogen) atoms.